The molecule has 3 N–H and O–H groups in total. The summed E-state index contributed by atoms with van der Waals surface area (Å²) in [5.41, 5.74) is 1.19. The summed E-state index contributed by atoms with van der Waals surface area (Å²) in [7, 11) is 0. The highest BCUT2D eigenvalue weighted by molar-refractivity contribution is 6.30. The molecular weight excluding hydrogens is 360 g/mol. The molecule has 0 fully saturated rings. The monoisotopic (exact) mass is 390 g/mol. The summed E-state index contributed by atoms with van der Waals surface area (Å²) in [5.74, 6) is 2.16. The molecule has 0 saturated carbocycles. The molecule has 2 atom stereocenters. The second-order valence-corrected chi connectivity index (χ2v) is 7.29. The summed E-state index contributed by atoms with van der Waals surface area (Å²) < 4.78 is 5.92. The zero-order valence-corrected chi connectivity index (χ0v) is 17.0. The number of aliphatic hydroxyl groups is 1. The number of halogens is 1. The van der Waals surface area contributed by atoms with E-state index in [-0.39, 0.29) is 6.61 Å². The van der Waals surface area contributed by atoms with Gasteiger partial charge < -0.3 is 20.5 Å². The molecule has 0 aromatic heterocycles. The molecule has 2 aromatic rings. The molecule has 5 heteroatoms. The maximum Gasteiger partial charge on any atom is 0.127 e. The average Bonchev–Trinajstić information content (AvgIpc) is 2.69. The van der Waals surface area contributed by atoms with Gasteiger partial charge in [0.1, 0.15) is 11.5 Å². The summed E-state index contributed by atoms with van der Waals surface area (Å²) in [6, 6.07) is 15.9. The van der Waals surface area contributed by atoms with Crippen molar-refractivity contribution in [3.63, 3.8) is 0 Å². The van der Waals surface area contributed by atoms with Crippen molar-refractivity contribution in [2.75, 3.05) is 19.7 Å². The van der Waals surface area contributed by atoms with Gasteiger partial charge in [0, 0.05) is 30.8 Å². The van der Waals surface area contributed by atoms with Gasteiger partial charge in [0.25, 0.3) is 0 Å². The molecule has 2 aromatic carbocycles. The van der Waals surface area contributed by atoms with Crippen LogP contribution < -0.4 is 15.4 Å². The van der Waals surface area contributed by atoms with Gasteiger partial charge in [-0.05, 0) is 60.8 Å². The standard InChI is InChI=1S/C22H31ClN2O2/c1-3-17(2)22(16-24-12-5-13-26)25-15-18-6-4-7-21(14-18)27-20-10-8-19(23)9-11-20/h4,6-11,14,17,22,24-26H,3,5,12-13,15-16H2,1-2H3. The van der Waals surface area contributed by atoms with Crippen molar-refractivity contribution in [1.29, 1.82) is 0 Å². The van der Waals surface area contributed by atoms with E-state index in [4.69, 9.17) is 21.4 Å². The molecule has 0 saturated heterocycles. The number of hydrogen-bond acceptors (Lipinski definition) is 4. The minimum Gasteiger partial charge on any atom is -0.457 e. The third kappa shape index (κ3) is 7.89. The predicted octanol–water partition coefficient (Wildman–Crippen LogP) is 4.61. The Balaban J connectivity index is 1.91. The molecular formula is C22H31ClN2O2. The molecule has 0 radical (unpaired) electrons. The summed E-state index contributed by atoms with van der Waals surface area (Å²) in [6.07, 6.45) is 1.91. The van der Waals surface area contributed by atoms with E-state index in [1.807, 2.05) is 36.4 Å². The van der Waals surface area contributed by atoms with E-state index in [2.05, 4.69) is 36.6 Å². The van der Waals surface area contributed by atoms with Crippen molar-refractivity contribution in [2.45, 2.75) is 39.3 Å². The predicted molar refractivity (Wildman–Crippen MR) is 113 cm³/mol. The molecule has 4 nitrogen and oxygen atoms in total. The molecule has 2 rings (SSSR count). The first-order valence-corrected chi connectivity index (χ1v) is 10.1. The Morgan fingerprint density at radius 3 is 2.59 bits per heavy atom. The molecule has 0 aliphatic carbocycles. The number of rotatable bonds is 12. The Hall–Kier alpha value is -1.59. The van der Waals surface area contributed by atoms with Crippen LogP contribution >= 0.6 is 11.6 Å². The van der Waals surface area contributed by atoms with Crippen LogP contribution in [0.5, 0.6) is 11.5 Å². The normalized spacial score (nSPS) is 13.3. The zero-order chi connectivity index (χ0) is 19.5. The lowest BCUT2D eigenvalue weighted by atomic mass is 9.98. The summed E-state index contributed by atoms with van der Waals surface area (Å²) in [5, 5.41) is 16.7. The average molecular weight is 391 g/mol. The number of hydrogen-bond donors (Lipinski definition) is 3. The first-order chi connectivity index (χ1) is 13.1. The van der Waals surface area contributed by atoms with Gasteiger partial charge in [-0.15, -0.1) is 0 Å². The maximum absolute atomic E-state index is 8.91. The highest BCUT2D eigenvalue weighted by Gasteiger charge is 2.15. The number of nitrogens with one attached hydrogen (secondary N) is 2. The lowest BCUT2D eigenvalue weighted by Gasteiger charge is -2.25. The molecule has 148 valence electrons. The fourth-order valence-electron chi connectivity index (χ4n) is 2.83. The minimum absolute atomic E-state index is 0.231. The molecule has 0 bridgehead atoms. The van der Waals surface area contributed by atoms with Crippen LogP contribution in [-0.4, -0.2) is 30.8 Å². The summed E-state index contributed by atoms with van der Waals surface area (Å²) >= 11 is 5.92. The third-order valence-electron chi connectivity index (χ3n) is 4.72. The highest BCUT2D eigenvalue weighted by Crippen LogP contribution is 2.24. The van der Waals surface area contributed by atoms with Crippen LogP contribution in [0.1, 0.15) is 32.3 Å². The Morgan fingerprint density at radius 2 is 1.89 bits per heavy atom. The second kappa shape index (κ2) is 12.0. The largest absolute Gasteiger partial charge is 0.457 e. The van der Waals surface area contributed by atoms with Crippen molar-refractivity contribution in [2.24, 2.45) is 5.92 Å². The molecule has 0 amide bonds. The van der Waals surface area contributed by atoms with Crippen molar-refractivity contribution >= 4 is 11.6 Å². The van der Waals surface area contributed by atoms with E-state index < -0.39 is 0 Å². The van der Waals surface area contributed by atoms with Crippen LogP contribution in [0.4, 0.5) is 0 Å². The van der Waals surface area contributed by atoms with Crippen LogP contribution in [0, 0.1) is 5.92 Å². The van der Waals surface area contributed by atoms with Gasteiger partial charge in [-0.3, -0.25) is 0 Å². The van der Waals surface area contributed by atoms with E-state index in [1.165, 1.54) is 5.56 Å². The maximum atomic E-state index is 8.91. The highest BCUT2D eigenvalue weighted by atomic mass is 35.5. The number of benzene rings is 2. The van der Waals surface area contributed by atoms with Crippen LogP contribution in [0.2, 0.25) is 5.02 Å². The van der Waals surface area contributed by atoms with Gasteiger partial charge in [0.15, 0.2) is 0 Å². The minimum atomic E-state index is 0.231. The Bertz CT molecular complexity index is 664. The summed E-state index contributed by atoms with van der Waals surface area (Å²) in [6.45, 7) is 7.24. The third-order valence-corrected chi connectivity index (χ3v) is 4.97. The quantitative estimate of drug-likeness (QED) is 0.463. The smallest absolute Gasteiger partial charge is 0.127 e. The fourth-order valence-corrected chi connectivity index (χ4v) is 2.95. The van der Waals surface area contributed by atoms with Crippen LogP contribution in [0.15, 0.2) is 48.5 Å². The Kier molecular flexibility index (Phi) is 9.64. The van der Waals surface area contributed by atoms with Crippen LogP contribution in [-0.2, 0) is 6.54 Å². The number of ether oxygens (including phenoxy) is 1. The summed E-state index contributed by atoms with van der Waals surface area (Å²) in [4.78, 5) is 0. The van der Waals surface area contributed by atoms with E-state index in [0.29, 0.717) is 17.0 Å². The van der Waals surface area contributed by atoms with Crippen molar-refractivity contribution in [1.82, 2.24) is 10.6 Å². The van der Waals surface area contributed by atoms with Crippen LogP contribution in [0.25, 0.3) is 0 Å². The fraction of sp³-hybridized carbons (Fsp3) is 0.455. The van der Waals surface area contributed by atoms with Gasteiger partial charge in [0.05, 0.1) is 0 Å². The lowest BCUT2D eigenvalue weighted by Crippen LogP contribution is -2.43. The second-order valence-electron chi connectivity index (χ2n) is 6.86. The van der Waals surface area contributed by atoms with Gasteiger partial charge in [-0.1, -0.05) is 44.0 Å². The van der Waals surface area contributed by atoms with Gasteiger partial charge >= 0.3 is 0 Å². The number of aliphatic hydroxyl groups excluding tert-OH is 1. The van der Waals surface area contributed by atoms with Crippen molar-refractivity contribution in [3.8, 4) is 11.5 Å². The molecule has 27 heavy (non-hydrogen) atoms. The first-order valence-electron chi connectivity index (χ1n) is 9.69. The van der Waals surface area contributed by atoms with Crippen LogP contribution in [0.3, 0.4) is 0 Å². The Morgan fingerprint density at radius 1 is 1.11 bits per heavy atom. The van der Waals surface area contributed by atoms with Crippen molar-refractivity contribution < 1.29 is 9.84 Å². The lowest BCUT2D eigenvalue weighted by molar-refractivity contribution is 0.281. The van der Waals surface area contributed by atoms with E-state index in [1.54, 1.807) is 0 Å². The molecule has 0 spiro atoms. The van der Waals surface area contributed by atoms with Crippen molar-refractivity contribution in [3.05, 3.63) is 59.1 Å². The van der Waals surface area contributed by atoms with E-state index in [0.717, 1.165) is 44.0 Å². The van der Waals surface area contributed by atoms with Gasteiger partial charge in [-0.25, -0.2) is 0 Å². The van der Waals surface area contributed by atoms with E-state index >= 15 is 0 Å². The zero-order valence-electron chi connectivity index (χ0n) is 16.2. The molecule has 0 aliphatic heterocycles. The molecule has 0 aliphatic rings. The SMILES string of the molecule is CCC(C)C(CNCCCO)NCc1cccc(Oc2ccc(Cl)cc2)c1. The topological polar surface area (TPSA) is 53.5 Å². The van der Waals surface area contributed by atoms with Gasteiger partial charge in [0.2, 0.25) is 0 Å². The van der Waals surface area contributed by atoms with Gasteiger partial charge in [-0.2, -0.15) is 0 Å². The molecule has 0 heterocycles. The first kappa shape index (κ1) is 21.7. The molecule has 2 unspecified atom stereocenters. The van der Waals surface area contributed by atoms with E-state index in [9.17, 15) is 0 Å². The Labute approximate surface area is 167 Å².